The number of benzene rings is 2. The predicted molar refractivity (Wildman–Crippen MR) is 104 cm³/mol. The Bertz CT molecular complexity index is 823. The van der Waals surface area contributed by atoms with Gasteiger partial charge < -0.3 is 11.1 Å². The third-order valence-corrected chi connectivity index (χ3v) is 5.83. The van der Waals surface area contributed by atoms with E-state index in [1.165, 1.54) is 16.4 Å². The molecule has 1 amide bonds. The first kappa shape index (κ1) is 19.9. The number of hydrogen-bond acceptors (Lipinski definition) is 4. The predicted octanol–water partition coefficient (Wildman–Crippen LogP) is 2.37. The minimum atomic E-state index is -3.75. The van der Waals surface area contributed by atoms with Crippen LogP contribution in [0, 0.1) is 0 Å². The van der Waals surface area contributed by atoms with Crippen molar-refractivity contribution in [2.75, 3.05) is 23.9 Å². The van der Waals surface area contributed by atoms with E-state index in [1.54, 1.807) is 43.3 Å². The van der Waals surface area contributed by atoms with Crippen LogP contribution < -0.4 is 15.4 Å². The van der Waals surface area contributed by atoms with E-state index in [0.29, 0.717) is 30.9 Å². The average Bonchev–Trinajstić information content (AvgIpc) is 2.66. The molecule has 7 heteroatoms. The van der Waals surface area contributed by atoms with Crippen LogP contribution in [-0.4, -0.2) is 34.0 Å². The number of para-hydroxylation sites is 1. The summed E-state index contributed by atoms with van der Waals surface area (Å²) in [5, 5.41) is 2.78. The van der Waals surface area contributed by atoms with Crippen molar-refractivity contribution in [3.05, 3.63) is 60.2 Å². The molecular weight excluding hydrogens is 350 g/mol. The summed E-state index contributed by atoms with van der Waals surface area (Å²) in [6.07, 6.45) is 1.62. The number of hydrogen-bond donors (Lipinski definition) is 2. The smallest absolute Gasteiger partial charge is 0.264 e. The highest BCUT2D eigenvalue weighted by atomic mass is 32.2. The average molecular weight is 375 g/mol. The highest BCUT2D eigenvalue weighted by Gasteiger charge is 2.24. The first-order valence-corrected chi connectivity index (χ1v) is 10.1. The molecule has 26 heavy (non-hydrogen) atoms. The van der Waals surface area contributed by atoms with E-state index in [4.69, 9.17) is 5.73 Å². The summed E-state index contributed by atoms with van der Waals surface area (Å²) in [5.74, 6) is -0.290. The third kappa shape index (κ3) is 4.83. The molecule has 3 N–H and O–H groups in total. The Morgan fingerprint density at radius 2 is 1.81 bits per heavy atom. The SMILES string of the molecule is CCN(c1ccccc1)S(=O)(=O)c1cccc(C(=O)NCCCCN)c1. The lowest BCUT2D eigenvalue weighted by Crippen LogP contribution is -2.31. The van der Waals surface area contributed by atoms with Gasteiger partial charge >= 0.3 is 0 Å². The summed E-state index contributed by atoms with van der Waals surface area (Å²) in [6, 6.07) is 15.0. The zero-order chi connectivity index (χ0) is 19.0. The number of sulfonamides is 1. The summed E-state index contributed by atoms with van der Waals surface area (Å²) in [4.78, 5) is 12.3. The van der Waals surface area contributed by atoms with E-state index in [2.05, 4.69) is 5.32 Å². The highest BCUT2D eigenvalue weighted by Crippen LogP contribution is 2.23. The maximum Gasteiger partial charge on any atom is 0.264 e. The lowest BCUT2D eigenvalue weighted by atomic mass is 10.2. The topological polar surface area (TPSA) is 92.5 Å². The molecule has 2 aromatic carbocycles. The van der Waals surface area contributed by atoms with Crippen molar-refractivity contribution >= 4 is 21.6 Å². The van der Waals surface area contributed by atoms with E-state index < -0.39 is 10.0 Å². The number of nitrogens with zero attached hydrogens (tertiary/aromatic N) is 1. The lowest BCUT2D eigenvalue weighted by Gasteiger charge is -2.23. The van der Waals surface area contributed by atoms with Crippen LogP contribution in [-0.2, 0) is 10.0 Å². The molecule has 140 valence electrons. The maximum atomic E-state index is 13.0. The van der Waals surface area contributed by atoms with Gasteiger partial charge in [-0.25, -0.2) is 8.42 Å². The number of unbranched alkanes of at least 4 members (excludes halogenated alkanes) is 1. The molecular formula is C19H25N3O3S. The van der Waals surface area contributed by atoms with Crippen molar-refractivity contribution in [1.29, 1.82) is 0 Å². The van der Waals surface area contributed by atoms with Crippen molar-refractivity contribution in [3.8, 4) is 0 Å². The Hall–Kier alpha value is -2.38. The van der Waals surface area contributed by atoms with Crippen LogP contribution in [0.1, 0.15) is 30.1 Å². The summed E-state index contributed by atoms with van der Waals surface area (Å²) in [5.41, 5.74) is 6.34. The fraction of sp³-hybridized carbons (Fsp3) is 0.316. The zero-order valence-corrected chi connectivity index (χ0v) is 15.7. The second kappa shape index (κ2) is 9.35. The molecule has 0 fully saturated rings. The summed E-state index contributed by atoms with van der Waals surface area (Å²) < 4.78 is 27.4. The minimum absolute atomic E-state index is 0.0952. The van der Waals surface area contributed by atoms with Gasteiger partial charge in [-0.3, -0.25) is 9.10 Å². The second-order valence-electron chi connectivity index (χ2n) is 5.78. The van der Waals surface area contributed by atoms with Gasteiger partial charge in [-0.2, -0.15) is 0 Å². The number of anilines is 1. The Kier molecular flexibility index (Phi) is 7.17. The normalized spacial score (nSPS) is 11.2. The lowest BCUT2D eigenvalue weighted by molar-refractivity contribution is 0.0953. The van der Waals surface area contributed by atoms with Crippen LogP contribution in [0.4, 0.5) is 5.69 Å². The zero-order valence-electron chi connectivity index (χ0n) is 14.9. The van der Waals surface area contributed by atoms with Crippen LogP contribution in [0.2, 0.25) is 0 Å². The van der Waals surface area contributed by atoms with E-state index in [-0.39, 0.29) is 10.8 Å². The number of nitrogens with two attached hydrogens (primary N) is 1. The molecule has 2 rings (SSSR count). The maximum absolute atomic E-state index is 13.0. The molecule has 0 aromatic heterocycles. The fourth-order valence-corrected chi connectivity index (χ4v) is 4.10. The largest absolute Gasteiger partial charge is 0.352 e. The van der Waals surface area contributed by atoms with Gasteiger partial charge in [-0.15, -0.1) is 0 Å². The first-order valence-electron chi connectivity index (χ1n) is 8.66. The van der Waals surface area contributed by atoms with Crippen molar-refractivity contribution in [3.63, 3.8) is 0 Å². The summed E-state index contributed by atoms with van der Waals surface area (Å²) >= 11 is 0. The van der Waals surface area contributed by atoms with Gasteiger partial charge in [0.25, 0.3) is 15.9 Å². The minimum Gasteiger partial charge on any atom is -0.352 e. The van der Waals surface area contributed by atoms with Gasteiger partial charge in [0.1, 0.15) is 0 Å². The molecule has 0 atom stereocenters. The van der Waals surface area contributed by atoms with Crippen LogP contribution in [0.25, 0.3) is 0 Å². The van der Waals surface area contributed by atoms with Gasteiger partial charge in [0.05, 0.1) is 10.6 Å². The van der Waals surface area contributed by atoms with Gasteiger partial charge in [0, 0.05) is 18.7 Å². The molecule has 0 heterocycles. The molecule has 0 saturated heterocycles. The molecule has 6 nitrogen and oxygen atoms in total. The molecule has 0 aliphatic carbocycles. The third-order valence-electron chi connectivity index (χ3n) is 3.93. The molecule has 0 aliphatic rings. The van der Waals surface area contributed by atoms with Crippen molar-refractivity contribution in [2.24, 2.45) is 5.73 Å². The molecule has 0 radical (unpaired) electrons. The number of nitrogens with one attached hydrogen (secondary N) is 1. The number of carbonyl (C=O) groups is 1. The molecule has 0 unspecified atom stereocenters. The van der Waals surface area contributed by atoms with E-state index >= 15 is 0 Å². The van der Waals surface area contributed by atoms with Gasteiger partial charge in [0.2, 0.25) is 0 Å². The van der Waals surface area contributed by atoms with Crippen LogP contribution in [0.15, 0.2) is 59.5 Å². The second-order valence-corrected chi connectivity index (χ2v) is 7.65. The Balaban J connectivity index is 2.23. The molecule has 2 aromatic rings. The molecule has 0 spiro atoms. The van der Waals surface area contributed by atoms with E-state index in [0.717, 1.165) is 12.8 Å². The molecule has 0 saturated carbocycles. The van der Waals surface area contributed by atoms with Gasteiger partial charge in [-0.05, 0) is 56.6 Å². The first-order chi connectivity index (χ1) is 12.5. The van der Waals surface area contributed by atoms with Crippen molar-refractivity contribution < 1.29 is 13.2 Å². The van der Waals surface area contributed by atoms with E-state index in [9.17, 15) is 13.2 Å². The van der Waals surface area contributed by atoms with Gasteiger partial charge in [-0.1, -0.05) is 24.3 Å². The van der Waals surface area contributed by atoms with Crippen LogP contribution in [0.3, 0.4) is 0 Å². The Morgan fingerprint density at radius 1 is 1.08 bits per heavy atom. The highest BCUT2D eigenvalue weighted by molar-refractivity contribution is 7.92. The summed E-state index contributed by atoms with van der Waals surface area (Å²) in [6.45, 7) is 3.16. The monoisotopic (exact) mass is 375 g/mol. The van der Waals surface area contributed by atoms with Crippen molar-refractivity contribution in [2.45, 2.75) is 24.7 Å². The quantitative estimate of drug-likeness (QED) is 0.658. The van der Waals surface area contributed by atoms with Gasteiger partial charge in [0.15, 0.2) is 0 Å². The molecule has 0 aliphatic heterocycles. The number of amides is 1. The van der Waals surface area contributed by atoms with Crippen LogP contribution >= 0.6 is 0 Å². The summed E-state index contributed by atoms with van der Waals surface area (Å²) in [7, 11) is -3.75. The van der Waals surface area contributed by atoms with Crippen molar-refractivity contribution in [1.82, 2.24) is 5.32 Å². The standard InChI is InChI=1S/C19H25N3O3S/c1-2-22(17-10-4-3-5-11-17)26(24,25)18-12-8-9-16(15-18)19(23)21-14-7-6-13-20/h3-5,8-12,15H,2,6-7,13-14,20H2,1H3,(H,21,23). The van der Waals surface area contributed by atoms with E-state index in [1.807, 2.05) is 6.07 Å². The fourth-order valence-electron chi connectivity index (χ4n) is 2.58. The van der Waals surface area contributed by atoms with Crippen LogP contribution in [0.5, 0.6) is 0 Å². The Morgan fingerprint density at radius 3 is 2.46 bits per heavy atom. The molecule has 0 bridgehead atoms. The number of carbonyl (C=O) groups excluding carboxylic acids is 1. The number of rotatable bonds is 9. The Labute approximate surface area is 155 Å².